The molecular formula is C8H6Cl2N2O2. The second-order valence-electron chi connectivity index (χ2n) is 2.36. The van der Waals surface area contributed by atoms with Gasteiger partial charge in [0.15, 0.2) is 0 Å². The maximum Gasteiger partial charge on any atom is 0.270 e. The number of nitrogens with zero attached hydrogens (tertiary/aromatic N) is 1. The SMILES string of the molecule is O=C(/C=N/O)Nc1ccc(Cl)cc1Cl. The van der Waals surface area contributed by atoms with Crippen LogP contribution in [-0.2, 0) is 4.79 Å². The molecule has 0 aliphatic heterocycles. The lowest BCUT2D eigenvalue weighted by Crippen LogP contribution is -2.12. The smallest absolute Gasteiger partial charge is 0.270 e. The lowest BCUT2D eigenvalue weighted by Gasteiger charge is -2.03. The number of amides is 1. The molecule has 0 unspecified atom stereocenters. The summed E-state index contributed by atoms with van der Waals surface area (Å²) in [6.45, 7) is 0. The number of hydrogen-bond acceptors (Lipinski definition) is 3. The number of carbonyl (C=O) groups is 1. The maximum absolute atomic E-state index is 10.9. The first-order valence-electron chi connectivity index (χ1n) is 3.57. The summed E-state index contributed by atoms with van der Waals surface area (Å²) in [5.41, 5.74) is 0.404. The highest BCUT2D eigenvalue weighted by molar-refractivity contribution is 6.38. The van der Waals surface area contributed by atoms with Crippen LogP contribution in [0.2, 0.25) is 10.0 Å². The fraction of sp³-hybridized carbons (Fsp3) is 0. The largest absolute Gasteiger partial charge is 0.411 e. The molecule has 0 aliphatic rings. The Labute approximate surface area is 90.1 Å². The number of benzene rings is 1. The predicted octanol–water partition coefficient (Wildman–Crippen LogP) is 2.39. The van der Waals surface area contributed by atoms with E-state index >= 15 is 0 Å². The summed E-state index contributed by atoms with van der Waals surface area (Å²) in [4.78, 5) is 10.9. The van der Waals surface area contributed by atoms with Crippen LogP contribution in [0.3, 0.4) is 0 Å². The number of carbonyl (C=O) groups excluding carboxylic acids is 1. The molecule has 0 atom stereocenters. The number of hydrogen-bond donors (Lipinski definition) is 2. The van der Waals surface area contributed by atoms with E-state index in [1.807, 2.05) is 0 Å². The van der Waals surface area contributed by atoms with Gasteiger partial charge in [-0.25, -0.2) is 0 Å². The van der Waals surface area contributed by atoms with Crippen molar-refractivity contribution in [2.24, 2.45) is 5.16 Å². The van der Waals surface area contributed by atoms with Gasteiger partial charge in [0.25, 0.3) is 5.91 Å². The minimum absolute atomic E-state index is 0.317. The highest BCUT2D eigenvalue weighted by atomic mass is 35.5. The lowest BCUT2D eigenvalue weighted by atomic mass is 10.3. The Kier molecular flexibility index (Phi) is 3.73. The van der Waals surface area contributed by atoms with E-state index in [4.69, 9.17) is 28.4 Å². The molecule has 2 N–H and O–H groups in total. The average Bonchev–Trinajstić information content (AvgIpc) is 2.10. The van der Waals surface area contributed by atoms with Gasteiger partial charge in [0.05, 0.1) is 10.7 Å². The van der Waals surface area contributed by atoms with Gasteiger partial charge in [-0.1, -0.05) is 28.4 Å². The molecule has 0 aliphatic carbocycles. The molecule has 1 aromatic rings. The lowest BCUT2D eigenvalue weighted by molar-refractivity contribution is -0.110. The molecule has 0 aromatic heterocycles. The number of nitrogens with one attached hydrogen (secondary N) is 1. The molecule has 4 nitrogen and oxygen atoms in total. The minimum atomic E-state index is -0.572. The Bertz CT molecular complexity index is 380. The zero-order valence-corrected chi connectivity index (χ0v) is 8.38. The normalized spacial score (nSPS) is 10.4. The minimum Gasteiger partial charge on any atom is -0.411 e. The molecule has 74 valence electrons. The molecule has 1 rings (SSSR count). The van der Waals surface area contributed by atoms with E-state index in [9.17, 15) is 4.79 Å². The third-order valence-corrected chi connectivity index (χ3v) is 1.91. The zero-order valence-electron chi connectivity index (χ0n) is 6.87. The monoisotopic (exact) mass is 232 g/mol. The van der Waals surface area contributed by atoms with Crippen molar-refractivity contribution in [2.45, 2.75) is 0 Å². The van der Waals surface area contributed by atoms with Crippen molar-refractivity contribution >= 4 is 41.0 Å². The molecule has 6 heteroatoms. The van der Waals surface area contributed by atoms with Crippen molar-refractivity contribution in [2.75, 3.05) is 5.32 Å². The fourth-order valence-electron chi connectivity index (χ4n) is 0.808. The summed E-state index contributed by atoms with van der Waals surface area (Å²) >= 11 is 11.4. The van der Waals surface area contributed by atoms with Crippen molar-refractivity contribution in [3.8, 4) is 0 Å². The van der Waals surface area contributed by atoms with Gasteiger partial charge in [0, 0.05) is 5.02 Å². The van der Waals surface area contributed by atoms with Crippen LogP contribution in [0.4, 0.5) is 5.69 Å². The summed E-state index contributed by atoms with van der Waals surface area (Å²) in [5, 5.41) is 13.8. The van der Waals surface area contributed by atoms with Crippen molar-refractivity contribution in [1.29, 1.82) is 0 Å². The van der Waals surface area contributed by atoms with Crippen molar-refractivity contribution in [3.05, 3.63) is 28.2 Å². The second-order valence-corrected chi connectivity index (χ2v) is 3.20. The van der Waals surface area contributed by atoms with E-state index in [0.29, 0.717) is 15.7 Å². The van der Waals surface area contributed by atoms with Crippen LogP contribution < -0.4 is 5.32 Å². The molecule has 1 amide bonds. The van der Waals surface area contributed by atoms with Gasteiger partial charge in [0.2, 0.25) is 0 Å². The molecular weight excluding hydrogens is 227 g/mol. The Morgan fingerprint density at radius 2 is 2.21 bits per heavy atom. The van der Waals surface area contributed by atoms with Gasteiger partial charge in [0.1, 0.15) is 6.21 Å². The van der Waals surface area contributed by atoms with Crippen molar-refractivity contribution in [3.63, 3.8) is 0 Å². The summed E-state index contributed by atoms with van der Waals surface area (Å²) in [6, 6.07) is 4.63. The second kappa shape index (κ2) is 4.83. The van der Waals surface area contributed by atoms with Gasteiger partial charge in [-0.3, -0.25) is 4.79 Å². The summed E-state index contributed by atoms with van der Waals surface area (Å²) in [5.74, 6) is -0.572. The first kappa shape index (κ1) is 10.8. The van der Waals surface area contributed by atoms with Crippen molar-refractivity contribution < 1.29 is 10.0 Å². The number of anilines is 1. The Morgan fingerprint density at radius 3 is 2.79 bits per heavy atom. The van der Waals surface area contributed by atoms with Crippen LogP contribution in [0, 0.1) is 0 Å². The Hall–Kier alpha value is -1.26. The molecule has 0 radical (unpaired) electrons. The molecule has 0 saturated heterocycles. The molecule has 1 aromatic carbocycles. The van der Waals surface area contributed by atoms with E-state index in [0.717, 1.165) is 6.21 Å². The van der Waals surface area contributed by atoms with E-state index in [1.165, 1.54) is 6.07 Å². The standard InChI is InChI=1S/C8H6Cl2N2O2/c9-5-1-2-7(6(10)3-5)12-8(13)4-11-14/h1-4,14H,(H,12,13)/b11-4+. The van der Waals surface area contributed by atoms with Crippen LogP contribution >= 0.6 is 23.2 Å². The highest BCUT2D eigenvalue weighted by Crippen LogP contribution is 2.24. The molecule has 14 heavy (non-hydrogen) atoms. The van der Waals surface area contributed by atoms with Crippen LogP contribution in [0.1, 0.15) is 0 Å². The van der Waals surface area contributed by atoms with Crippen LogP contribution in [0.15, 0.2) is 23.4 Å². The highest BCUT2D eigenvalue weighted by Gasteiger charge is 2.03. The third kappa shape index (κ3) is 2.90. The summed E-state index contributed by atoms with van der Waals surface area (Å²) in [6.07, 6.45) is 0.727. The topological polar surface area (TPSA) is 61.7 Å². The molecule has 0 saturated carbocycles. The van der Waals surface area contributed by atoms with Gasteiger partial charge < -0.3 is 10.5 Å². The fourth-order valence-corrected chi connectivity index (χ4v) is 1.26. The maximum atomic E-state index is 10.9. The van der Waals surface area contributed by atoms with Crippen molar-refractivity contribution in [1.82, 2.24) is 0 Å². The predicted molar refractivity (Wildman–Crippen MR) is 55.4 cm³/mol. The first-order valence-corrected chi connectivity index (χ1v) is 4.32. The van der Waals surface area contributed by atoms with Crippen LogP contribution in [0.25, 0.3) is 0 Å². The number of halogens is 2. The molecule has 0 spiro atoms. The van der Waals surface area contributed by atoms with Crippen LogP contribution in [-0.4, -0.2) is 17.3 Å². The first-order chi connectivity index (χ1) is 6.63. The Morgan fingerprint density at radius 1 is 1.50 bits per heavy atom. The summed E-state index contributed by atoms with van der Waals surface area (Å²) < 4.78 is 0. The number of rotatable bonds is 2. The van der Waals surface area contributed by atoms with Crippen LogP contribution in [0.5, 0.6) is 0 Å². The molecule has 0 fully saturated rings. The third-order valence-electron chi connectivity index (χ3n) is 1.36. The average molecular weight is 233 g/mol. The molecule has 0 heterocycles. The van der Waals surface area contributed by atoms with E-state index in [2.05, 4.69) is 10.5 Å². The van der Waals surface area contributed by atoms with Gasteiger partial charge in [-0.05, 0) is 18.2 Å². The zero-order chi connectivity index (χ0) is 10.6. The van der Waals surface area contributed by atoms with Gasteiger partial charge in [-0.2, -0.15) is 0 Å². The quantitative estimate of drug-likeness (QED) is 0.468. The van der Waals surface area contributed by atoms with E-state index < -0.39 is 5.91 Å². The van der Waals surface area contributed by atoms with Gasteiger partial charge in [-0.15, -0.1) is 0 Å². The number of oxime groups is 1. The van der Waals surface area contributed by atoms with Gasteiger partial charge >= 0.3 is 0 Å². The summed E-state index contributed by atoms with van der Waals surface area (Å²) in [7, 11) is 0. The molecule has 0 bridgehead atoms. The Balaban J connectivity index is 2.82. The van der Waals surface area contributed by atoms with E-state index in [-0.39, 0.29) is 0 Å². The van der Waals surface area contributed by atoms with E-state index in [1.54, 1.807) is 12.1 Å².